The molecular weight excluding hydrogens is 266 g/mol. The van der Waals surface area contributed by atoms with Crippen LogP contribution in [0.15, 0.2) is 22.7 Å². The van der Waals surface area contributed by atoms with Gasteiger partial charge in [-0.2, -0.15) is 4.98 Å². The highest BCUT2D eigenvalue weighted by atomic mass is 16.5. The first-order valence-electron chi connectivity index (χ1n) is 7.46. The van der Waals surface area contributed by atoms with Crippen molar-refractivity contribution in [2.45, 2.75) is 38.5 Å². The predicted octanol–water partition coefficient (Wildman–Crippen LogP) is 3.27. The molecule has 0 bridgehead atoms. The van der Waals surface area contributed by atoms with Crippen LogP contribution in [0.1, 0.15) is 43.0 Å². The van der Waals surface area contributed by atoms with Gasteiger partial charge in [0.25, 0.3) is 5.89 Å². The van der Waals surface area contributed by atoms with E-state index in [-0.39, 0.29) is 11.8 Å². The van der Waals surface area contributed by atoms with Gasteiger partial charge in [0, 0.05) is 23.1 Å². The van der Waals surface area contributed by atoms with E-state index in [1.807, 2.05) is 25.1 Å². The fraction of sp³-hybridized carbons (Fsp3) is 0.438. The Morgan fingerprint density at radius 3 is 2.76 bits per heavy atom. The Morgan fingerprint density at radius 2 is 2.10 bits per heavy atom. The summed E-state index contributed by atoms with van der Waals surface area (Å²) < 4.78 is 5.33. The summed E-state index contributed by atoms with van der Waals surface area (Å²) in [6, 6.07) is 5.80. The molecule has 0 aliphatic heterocycles. The van der Waals surface area contributed by atoms with Crippen molar-refractivity contribution < 1.29 is 9.32 Å². The predicted molar refractivity (Wildman–Crippen MR) is 77.8 cm³/mol. The lowest BCUT2D eigenvalue weighted by molar-refractivity contribution is -0.117. The Morgan fingerprint density at radius 1 is 1.29 bits per heavy atom. The molecule has 5 nitrogen and oxygen atoms in total. The topological polar surface area (TPSA) is 68.0 Å². The maximum absolute atomic E-state index is 11.8. The van der Waals surface area contributed by atoms with Gasteiger partial charge >= 0.3 is 0 Å². The Kier molecular flexibility index (Phi) is 2.80. The molecule has 0 saturated heterocycles. The number of nitrogens with one attached hydrogen (secondary N) is 1. The van der Waals surface area contributed by atoms with E-state index in [0.717, 1.165) is 48.3 Å². The van der Waals surface area contributed by atoms with Crippen LogP contribution < -0.4 is 5.32 Å². The fourth-order valence-electron chi connectivity index (χ4n) is 2.38. The standard InChI is InChI=1S/C16H17N3O2/c1-9-8-12(16-18-14(19-21-16)10-2-3-10)6-7-13(9)17-15(20)11-4-5-11/h6-8,10-11H,2-5H2,1H3,(H,17,20). The number of nitrogens with zero attached hydrogens (tertiary/aromatic N) is 2. The summed E-state index contributed by atoms with van der Waals surface area (Å²) in [6.07, 6.45) is 4.33. The van der Waals surface area contributed by atoms with Crippen LogP contribution in [0.4, 0.5) is 5.69 Å². The zero-order valence-corrected chi connectivity index (χ0v) is 11.9. The molecule has 2 aliphatic carbocycles. The molecule has 5 heteroatoms. The van der Waals surface area contributed by atoms with Gasteiger partial charge < -0.3 is 9.84 Å². The summed E-state index contributed by atoms with van der Waals surface area (Å²) in [7, 11) is 0. The van der Waals surface area contributed by atoms with E-state index < -0.39 is 0 Å². The molecule has 108 valence electrons. The molecule has 1 heterocycles. The Labute approximate surface area is 122 Å². The van der Waals surface area contributed by atoms with Gasteiger partial charge in [0.2, 0.25) is 5.91 Å². The molecule has 2 fully saturated rings. The van der Waals surface area contributed by atoms with Crippen LogP contribution in [0, 0.1) is 12.8 Å². The minimum absolute atomic E-state index is 0.125. The summed E-state index contributed by atoms with van der Waals surface area (Å²) in [5.74, 6) is 2.19. The van der Waals surface area contributed by atoms with Crippen LogP contribution in [-0.2, 0) is 4.79 Å². The average molecular weight is 283 g/mol. The van der Waals surface area contributed by atoms with Crippen molar-refractivity contribution >= 4 is 11.6 Å². The number of hydrogen-bond acceptors (Lipinski definition) is 4. The van der Waals surface area contributed by atoms with Gasteiger partial charge in [-0.25, -0.2) is 0 Å². The molecule has 1 aromatic heterocycles. The number of carbonyl (C=O) groups is 1. The van der Waals surface area contributed by atoms with Gasteiger partial charge in [0.1, 0.15) is 0 Å². The zero-order valence-electron chi connectivity index (χ0n) is 11.9. The van der Waals surface area contributed by atoms with E-state index in [9.17, 15) is 4.79 Å². The number of carbonyl (C=O) groups excluding carboxylic acids is 1. The van der Waals surface area contributed by atoms with Crippen molar-refractivity contribution in [1.29, 1.82) is 0 Å². The minimum Gasteiger partial charge on any atom is -0.334 e. The SMILES string of the molecule is Cc1cc(-c2nc(C3CC3)no2)ccc1NC(=O)C1CC1. The van der Waals surface area contributed by atoms with Gasteiger partial charge in [-0.3, -0.25) is 4.79 Å². The second-order valence-corrected chi connectivity index (χ2v) is 6.03. The number of anilines is 1. The maximum atomic E-state index is 11.8. The highest BCUT2D eigenvalue weighted by molar-refractivity contribution is 5.94. The second kappa shape index (κ2) is 4.69. The molecule has 1 N–H and O–H groups in total. The lowest BCUT2D eigenvalue weighted by atomic mass is 10.1. The van der Waals surface area contributed by atoms with Crippen molar-refractivity contribution in [2.75, 3.05) is 5.32 Å². The smallest absolute Gasteiger partial charge is 0.257 e. The number of rotatable bonds is 4. The van der Waals surface area contributed by atoms with E-state index >= 15 is 0 Å². The molecule has 2 aromatic rings. The van der Waals surface area contributed by atoms with Crippen LogP contribution >= 0.6 is 0 Å². The third-order valence-electron chi connectivity index (χ3n) is 4.06. The summed E-state index contributed by atoms with van der Waals surface area (Å²) in [4.78, 5) is 16.3. The Balaban J connectivity index is 1.55. The van der Waals surface area contributed by atoms with Gasteiger partial charge in [0.15, 0.2) is 5.82 Å². The van der Waals surface area contributed by atoms with E-state index in [2.05, 4.69) is 15.5 Å². The van der Waals surface area contributed by atoms with Crippen LogP contribution in [0.25, 0.3) is 11.5 Å². The van der Waals surface area contributed by atoms with E-state index in [0.29, 0.717) is 11.8 Å². The number of aromatic nitrogens is 2. The fourth-order valence-corrected chi connectivity index (χ4v) is 2.38. The van der Waals surface area contributed by atoms with Crippen molar-refractivity contribution in [3.8, 4) is 11.5 Å². The highest BCUT2D eigenvalue weighted by Crippen LogP contribution is 2.39. The van der Waals surface area contributed by atoms with Crippen LogP contribution in [-0.4, -0.2) is 16.0 Å². The largest absolute Gasteiger partial charge is 0.334 e. The zero-order chi connectivity index (χ0) is 14.4. The molecule has 0 spiro atoms. The first kappa shape index (κ1) is 12.6. The number of amides is 1. The third kappa shape index (κ3) is 2.55. The molecule has 1 aromatic carbocycles. The molecule has 0 unspecified atom stereocenters. The summed E-state index contributed by atoms with van der Waals surface area (Å²) in [6.45, 7) is 1.98. The maximum Gasteiger partial charge on any atom is 0.257 e. The van der Waals surface area contributed by atoms with Crippen LogP contribution in [0.5, 0.6) is 0 Å². The van der Waals surface area contributed by atoms with Crippen molar-refractivity contribution in [2.24, 2.45) is 5.92 Å². The number of hydrogen-bond donors (Lipinski definition) is 1. The lowest BCUT2D eigenvalue weighted by Crippen LogP contribution is -2.14. The Hall–Kier alpha value is -2.17. The van der Waals surface area contributed by atoms with Crippen molar-refractivity contribution in [1.82, 2.24) is 10.1 Å². The van der Waals surface area contributed by atoms with Crippen LogP contribution in [0.3, 0.4) is 0 Å². The summed E-state index contributed by atoms with van der Waals surface area (Å²) >= 11 is 0. The molecule has 2 saturated carbocycles. The lowest BCUT2D eigenvalue weighted by Gasteiger charge is -2.08. The first-order valence-corrected chi connectivity index (χ1v) is 7.46. The highest BCUT2D eigenvalue weighted by Gasteiger charge is 2.30. The third-order valence-corrected chi connectivity index (χ3v) is 4.06. The number of benzene rings is 1. The molecule has 4 rings (SSSR count). The molecule has 0 radical (unpaired) electrons. The Bertz CT molecular complexity index is 699. The molecule has 21 heavy (non-hydrogen) atoms. The first-order chi connectivity index (χ1) is 10.2. The van der Waals surface area contributed by atoms with Gasteiger partial charge in [0.05, 0.1) is 0 Å². The normalized spacial score (nSPS) is 17.8. The van der Waals surface area contributed by atoms with Gasteiger partial charge in [-0.05, 0) is 56.4 Å². The van der Waals surface area contributed by atoms with Crippen molar-refractivity contribution in [3.05, 3.63) is 29.6 Å². The molecule has 0 atom stereocenters. The van der Waals surface area contributed by atoms with E-state index in [1.54, 1.807) is 0 Å². The molecule has 1 amide bonds. The van der Waals surface area contributed by atoms with Crippen LogP contribution in [0.2, 0.25) is 0 Å². The summed E-state index contributed by atoms with van der Waals surface area (Å²) in [5, 5.41) is 7.01. The molecule has 2 aliphatic rings. The second-order valence-electron chi connectivity index (χ2n) is 6.03. The van der Waals surface area contributed by atoms with Gasteiger partial charge in [-0.1, -0.05) is 5.16 Å². The minimum atomic E-state index is 0.125. The van der Waals surface area contributed by atoms with E-state index in [1.165, 1.54) is 0 Å². The quantitative estimate of drug-likeness (QED) is 0.935. The monoisotopic (exact) mass is 283 g/mol. The van der Waals surface area contributed by atoms with E-state index in [4.69, 9.17) is 4.52 Å². The average Bonchev–Trinajstić information content (AvgIpc) is 3.39. The number of aryl methyl sites for hydroxylation is 1. The van der Waals surface area contributed by atoms with Crippen molar-refractivity contribution in [3.63, 3.8) is 0 Å². The van der Waals surface area contributed by atoms with Gasteiger partial charge in [-0.15, -0.1) is 0 Å². The molecular formula is C16H17N3O2. The summed E-state index contributed by atoms with van der Waals surface area (Å²) in [5.41, 5.74) is 2.77.